The van der Waals surface area contributed by atoms with Gasteiger partial charge in [0.25, 0.3) is 0 Å². The lowest BCUT2D eigenvalue weighted by molar-refractivity contribution is -0.276. The maximum absolute atomic E-state index is 12.8. The lowest BCUT2D eigenvalue weighted by Crippen LogP contribution is -2.63. The van der Waals surface area contributed by atoms with Crippen LogP contribution in [0.2, 0.25) is 0 Å². The van der Waals surface area contributed by atoms with Crippen molar-refractivity contribution in [1.29, 1.82) is 0 Å². The Balaban J connectivity index is 3.13. The van der Waals surface area contributed by atoms with Crippen LogP contribution < -0.4 is 27.4 Å². The lowest BCUT2D eigenvalue weighted by atomic mass is 10.0. The number of hydroxylamine groups is 1. The fourth-order valence-electron chi connectivity index (χ4n) is 2.65. The number of nitrogens with zero attached hydrogens (tertiary/aromatic N) is 1. The molecule has 0 aliphatic rings. The normalized spacial score (nSPS) is 13.7. The molecule has 0 amide bonds. The average molecular weight is 546 g/mol. The van der Waals surface area contributed by atoms with E-state index in [1.165, 1.54) is 6.20 Å². The molecule has 0 fully saturated rings. The van der Waals surface area contributed by atoms with Crippen molar-refractivity contribution >= 4 is 35.8 Å². The number of hydrogen-bond donors (Lipinski definition) is 5. The quantitative estimate of drug-likeness (QED) is 0.0515. The van der Waals surface area contributed by atoms with Crippen molar-refractivity contribution in [3.05, 3.63) is 11.9 Å². The number of nitrogens with one attached hydrogen (secondary N) is 2. The van der Waals surface area contributed by atoms with E-state index in [4.69, 9.17) is 31.4 Å². The Labute approximate surface area is 215 Å². The molecule has 0 saturated heterocycles. The zero-order valence-corrected chi connectivity index (χ0v) is 20.8. The molecule has 38 heavy (non-hydrogen) atoms. The molecule has 3 unspecified atom stereocenters. The van der Waals surface area contributed by atoms with Crippen LogP contribution in [0, 0.1) is 0 Å². The van der Waals surface area contributed by atoms with E-state index in [-0.39, 0.29) is 37.5 Å². The number of ether oxygens (including phenoxy) is 3. The van der Waals surface area contributed by atoms with Gasteiger partial charge in [0.1, 0.15) is 12.6 Å². The predicted octanol–water partition coefficient (Wildman–Crippen LogP) is -2.86. The minimum atomic E-state index is -2.87. The van der Waals surface area contributed by atoms with E-state index < -0.39 is 60.2 Å². The van der Waals surface area contributed by atoms with Gasteiger partial charge >= 0.3 is 47.6 Å². The van der Waals surface area contributed by atoms with Crippen molar-refractivity contribution in [2.45, 2.75) is 57.9 Å². The van der Waals surface area contributed by atoms with Gasteiger partial charge in [-0.1, -0.05) is 0 Å². The van der Waals surface area contributed by atoms with Gasteiger partial charge in [-0.05, 0) is 19.4 Å². The van der Waals surface area contributed by atoms with Crippen molar-refractivity contribution < 1.29 is 57.6 Å². The molecule has 0 aliphatic carbocycles. The van der Waals surface area contributed by atoms with Gasteiger partial charge in [-0.25, -0.2) is 24.3 Å². The maximum Gasteiger partial charge on any atom is 0.417 e. The van der Waals surface area contributed by atoms with Crippen LogP contribution in [-0.2, 0) is 59.3 Å². The molecular formula is C20H30N6O12. The molecule has 0 radical (unpaired) electrons. The molecule has 0 aliphatic heterocycles. The fraction of sp³-hybridized carbons (Fsp3) is 0.550. The molecule has 8 N–H and O–H groups in total. The summed E-state index contributed by atoms with van der Waals surface area (Å²) in [5.74, 6) is -6.41. The molecule has 18 heteroatoms. The highest BCUT2D eigenvalue weighted by atomic mass is 17.2. The monoisotopic (exact) mass is 546 g/mol. The van der Waals surface area contributed by atoms with Crippen molar-refractivity contribution in [2.75, 3.05) is 13.1 Å². The number of imidazole rings is 1. The highest BCUT2D eigenvalue weighted by Crippen LogP contribution is 2.22. The Hall–Kier alpha value is -4.13. The molecule has 18 nitrogen and oxygen atoms in total. The summed E-state index contributed by atoms with van der Waals surface area (Å²) < 4.78 is 15.1. The number of carbonyl (C=O) groups is 6. The summed E-state index contributed by atoms with van der Waals surface area (Å²) in [6.07, 6.45) is -0.846. The van der Waals surface area contributed by atoms with E-state index >= 15 is 0 Å². The third kappa shape index (κ3) is 10.9. The molecule has 1 heterocycles. The zero-order chi connectivity index (χ0) is 28.9. The number of aromatic amines is 1. The van der Waals surface area contributed by atoms with E-state index in [0.717, 1.165) is 20.8 Å². The number of aromatic nitrogens is 2. The van der Waals surface area contributed by atoms with Gasteiger partial charge in [-0.2, -0.15) is 0 Å². The molecule has 212 valence electrons. The molecule has 3 atom stereocenters. The second-order valence-corrected chi connectivity index (χ2v) is 7.60. The second-order valence-electron chi connectivity index (χ2n) is 7.60. The molecule has 0 spiro atoms. The summed E-state index contributed by atoms with van der Waals surface area (Å²) in [6.45, 7) is 2.51. The largest absolute Gasteiger partial charge is 0.455 e. The Bertz CT molecular complexity index is 1010. The van der Waals surface area contributed by atoms with Gasteiger partial charge in [0.05, 0.1) is 6.20 Å². The van der Waals surface area contributed by atoms with Crippen LogP contribution in [0.3, 0.4) is 0 Å². The number of hydrogen-bond acceptors (Lipinski definition) is 17. The third-order valence-electron chi connectivity index (χ3n) is 4.27. The smallest absolute Gasteiger partial charge is 0.417 e. The first kappa shape index (κ1) is 31.9. The van der Waals surface area contributed by atoms with Crippen molar-refractivity contribution in [3.8, 4) is 6.01 Å². The van der Waals surface area contributed by atoms with Gasteiger partial charge in [-0.3, -0.25) is 24.9 Å². The zero-order valence-electron chi connectivity index (χ0n) is 20.8. The highest BCUT2D eigenvalue weighted by molar-refractivity contribution is 5.86. The minimum absolute atomic E-state index is 0.0484. The van der Waals surface area contributed by atoms with E-state index in [9.17, 15) is 28.8 Å². The number of carbonyl (C=O) groups excluding carboxylic acids is 6. The third-order valence-corrected chi connectivity index (χ3v) is 4.27. The van der Waals surface area contributed by atoms with Crippen molar-refractivity contribution in [3.63, 3.8) is 0 Å². The fourth-order valence-corrected chi connectivity index (χ4v) is 2.65. The lowest BCUT2D eigenvalue weighted by Gasteiger charge is -2.33. The van der Waals surface area contributed by atoms with E-state index in [1.807, 2.05) is 5.48 Å². The SMILES string of the molecule is CC(=O)ONCC(=O)OC(CCCN)C(N)(OC(=O)C(N)Cc1cnc(OC(C)=O)[nH]1)C(=O)OOC(C)=O. The van der Waals surface area contributed by atoms with Gasteiger partial charge in [0.2, 0.25) is 0 Å². The van der Waals surface area contributed by atoms with Gasteiger partial charge in [0, 0.05) is 32.9 Å². The first-order valence-electron chi connectivity index (χ1n) is 11.0. The van der Waals surface area contributed by atoms with E-state index in [2.05, 4.69) is 24.6 Å². The van der Waals surface area contributed by atoms with Crippen LogP contribution >= 0.6 is 0 Å². The summed E-state index contributed by atoms with van der Waals surface area (Å²) in [7, 11) is 0. The first-order valence-corrected chi connectivity index (χ1v) is 11.0. The summed E-state index contributed by atoms with van der Waals surface area (Å²) in [4.78, 5) is 90.2. The van der Waals surface area contributed by atoms with E-state index in [1.54, 1.807) is 0 Å². The standard InChI is InChI=1S/C20H30N6O12/c1-10(27)33-19-24-8-13(26-19)7-14(22)17(31)35-20(23,18(32)38-37-12(3)29)15(5-4-6-21)34-16(30)9-25-36-11(2)28/h8,14-15,25H,4-7,9,21-23H2,1-3H3,(H,24,26). The van der Waals surface area contributed by atoms with Crippen LogP contribution in [-0.4, -0.2) is 76.7 Å². The first-order chi connectivity index (χ1) is 17.8. The molecule has 1 aromatic rings. The Kier molecular flexibility index (Phi) is 12.8. The minimum Gasteiger partial charge on any atom is -0.455 e. The van der Waals surface area contributed by atoms with Gasteiger partial charge in [0.15, 0.2) is 6.10 Å². The number of nitrogens with two attached hydrogens (primary N) is 3. The second kappa shape index (κ2) is 15.2. The maximum atomic E-state index is 12.8. The van der Waals surface area contributed by atoms with Crippen LogP contribution in [0.25, 0.3) is 0 Å². The molecule has 1 rings (SSSR count). The molecule has 1 aromatic heterocycles. The predicted molar refractivity (Wildman–Crippen MR) is 120 cm³/mol. The van der Waals surface area contributed by atoms with Gasteiger partial charge < -0.3 is 35.5 Å². The summed E-state index contributed by atoms with van der Waals surface area (Å²) >= 11 is 0. The molecule has 0 aromatic carbocycles. The molecular weight excluding hydrogens is 516 g/mol. The topological polar surface area (TPSA) is 277 Å². The van der Waals surface area contributed by atoms with Crippen LogP contribution in [0.1, 0.15) is 39.3 Å². The highest BCUT2D eigenvalue weighted by Gasteiger charge is 2.52. The Morgan fingerprint density at radius 1 is 1.08 bits per heavy atom. The summed E-state index contributed by atoms with van der Waals surface area (Å²) in [5.41, 5.74) is 16.8. The number of rotatable bonds is 14. The number of H-pyrrole nitrogens is 1. The summed E-state index contributed by atoms with van der Waals surface area (Å²) in [6, 6.07) is -1.62. The summed E-state index contributed by atoms with van der Waals surface area (Å²) in [5, 5.41) is 0. The molecule has 0 bridgehead atoms. The van der Waals surface area contributed by atoms with Crippen LogP contribution in [0.15, 0.2) is 6.20 Å². The average Bonchev–Trinajstić information content (AvgIpc) is 3.25. The number of esters is 3. The molecule has 0 saturated carbocycles. The van der Waals surface area contributed by atoms with Crippen LogP contribution in [0.5, 0.6) is 6.01 Å². The van der Waals surface area contributed by atoms with Crippen molar-refractivity contribution in [1.82, 2.24) is 15.4 Å². The van der Waals surface area contributed by atoms with Crippen LogP contribution in [0.4, 0.5) is 0 Å². The Morgan fingerprint density at radius 2 is 1.76 bits per heavy atom. The van der Waals surface area contributed by atoms with Crippen molar-refractivity contribution in [2.24, 2.45) is 17.2 Å². The van der Waals surface area contributed by atoms with Gasteiger partial charge in [-0.15, -0.1) is 5.48 Å². The van der Waals surface area contributed by atoms with E-state index in [0.29, 0.717) is 0 Å². The Morgan fingerprint density at radius 3 is 2.34 bits per heavy atom.